The molecule has 0 aliphatic carbocycles. The third kappa shape index (κ3) is 2.48. The first kappa shape index (κ1) is 12.6. The van der Waals surface area contributed by atoms with Gasteiger partial charge in [-0.15, -0.1) is 11.3 Å². The van der Waals surface area contributed by atoms with Crippen LogP contribution < -0.4 is 10.1 Å². The van der Waals surface area contributed by atoms with Gasteiger partial charge in [-0.05, 0) is 24.3 Å². The molecule has 1 N–H and O–H groups in total. The Hall–Kier alpha value is -2.40. The number of aromatic nitrogens is 1. The van der Waals surface area contributed by atoms with Gasteiger partial charge in [0.2, 0.25) is 0 Å². The molecule has 1 amide bonds. The Morgan fingerprint density at radius 1 is 1.20 bits per heavy atom. The van der Waals surface area contributed by atoms with Gasteiger partial charge in [0.25, 0.3) is 5.91 Å². The van der Waals surface area contributed by atoms with Crippen molar-refractivity contribution in [1.82, 2.24) is 4.98 Å². The number of anilines is 1. The minimum absolute atomic E-state index is 0.209. The minimum atomic E-state index is -0.209. The first-order valence-electron chi connectivity index (χ1n) is 6.07. The fourth-order valence-electron chi connectivity index (χ4n) is 1.85. The molecular weight excluding hydrogens is 272 g/mol. The summed E-state index contributed by atoms with van der Waals surface area (Å²) < 4.78 is 6.13. The first-order valence-corrected chi connectivity index (χ1v) is 6.89. The molecule has 0 spiro atoms. The Morgan fingerprint density at radius 2 is 2.05 bits per heavy atom. The number of rotatable bonds is 3. The molecule has 0 saturated carbocycles. The smallest absolute Gasteiger partial charge is 0.284 e. The van der Waals surface area contributed by atoms with E-state index in [1.54, 1.807) is 13.2 Å². The predicted octanol–water partition coefficient (Wildman–Crippen LogP) is 3.56. The van der Waals surface area contributed by atoms with Gasteiger partial charge in [0.05, 0.1) is 17.3 Å². The number of carbonyl (C=O) groups is 1. The summed E-state index contributed by atoms with van der Waals surface area (Å²) in [6.45, 7) is 0. The highest BCUT2D eigenvalue weighted by Gasteiger charge is 2.12. The zero-order chi connectivity index (χ0) is 13.9. The Bertz CT molecular complexity index is 734. The number of para-hydroxylation sites is 1. The average Bonchev–Trinajstić information content (AvgIpc) is 2.91. The van der Waals surface area contributed by atoms with Crippen molar-refractivity contribution in [3.63, 3.8) is 0 Å². The lowest BCUT2D eigenvalue weighted by Crippen LogP contribution is -2.11. The van der Waals surface area contributed by atoms with Crippen molar-refractivity contribution in [2.24, 2.45) is 0 Å². The van der Waals surface area contributed by atoms with E-state index >= 15 is 0 Å². The molecule has 3 aromatic rings. The quantitative estimate of drug-likeness (QED) is 0.800. The second-order valence-electron chi connectivity index (χ2n) is 4.17. The molecule has 0 fully saturated rings. The van der Waals surface area contributed by atoms with Crippen LogP contribution in [0.4, 0.5) is 5.69 Å². The van der Waals surface area contributed by atoms with Crippen molar-refractivity contribution in [2.45, 2.75) is 0 Å². The topological polar surface area (TPSA) is 51.2 Å². The molecule has 1 heterocycles. The molecule has 100 valence electrons. The molecule has 0 bridgehead atoms. The maximum atomic E-state index is 12.2. The molecule has 1 aromatic heterocycles. The van der Waals surface area contributed by atoms with Crippen molar-refractivity contribution in [3.8, 4) is 5.75 Å². The maximum Gasteiger partial charge on any atom is 0.284 e. The largest absolute Gasteiger partial charge is 0.497 e. The van der Waals surface area contributed by atoms with Crippen LogP contribution in [0, 0.1) is 0 Å². The second-order valence-corrected chi connectivity index (χ2v) is 5.20. The fraction of sp³-hybridized carbons (Fsp3) is 0.0667. The van der Waals surface area contributed by atoms with Crippen LogP contribution in [0.3, 0.4) is 0 Å². The molecule has 4 nitrogen and oxygen atoms in total. The van der Waals surface area contributed by atoms with Crippen LogP contribution in [-0.4, -0.2) is 18.0 Å². The number of hydrogen-bond donors (Lipinski definition) is 1. The van der Waals surface area contributed by atoms with Crippen LogP contribution in [0.25, 0.3) is 10.2 Å². The van der Waals surface area contributed by atoms with E-state index in [1.807, 2.05) is 42.5 Å². The molecule has 0 atom stereocenters. The summed E-state index contributed by atoms with van der Waals surface area (Å²) in [7, 11) is 1.59. The van der Waals surface area contributed by atoms with Gasteiger partial charge in [-0.2, -0.15) is 0 Å². The minimum Gasteiger partial charge on any atom is -0.497 e. The number of benzene rings is 2. The van der Waals surface area contributed by atoms with E-state index in [2.05, 4.69) is 10.3 Å². The summed E-state index contributed by atoms with van der Waals surface area (Å²) in [6, 6.07) is 14.9. The Balaban J connectivity index is 1.85. The van der Waals surface area contributed by atoms with Gasteiger partial charge in [0.15, 0.2) is 5.01 Å². The van der Waals surface area contributed by atoms with Crippen LogP contribution in [-0.2, 0) is 0 Å². The molecule has 2 aromatic carbocycles. The monoisotopic (exact) mass is 284 g/mol. The van der Waals surface area contributed by atoms with Crippen molar-refractivity contribution in [1.29, 1.82) is 0 Å². The molecule has 0 aliphatic heterocycles. The molecule has 5 heteroatoms. The van der Waals surface area contributed by atoms with Gasteiger partial charge in [-0.3, -0.25) is 4.79 Å². The molecule has 0 aliphatic rings. The number of fused-ring (bicyclic) bond motifs is 1. The van der Waals surface area contributed by atoms with Crippen LogP contribution in [0.15, 0.2) is 48.5 Å². The Morgan fingerprint density at radius 3 is 2.85 bits per heavy atom. The number of nitrogens with one attached hydrogen (secondary N) is 1. The van der Waals surface area contributed by atoms with Gasteiger partial charge in [0.1, 0.15) is 5.75 Å². The van der Waals surface area contributed by atoms with Crippen LogP contribution in [0.1, 0.15) is 9.80 Å². The second kappa shape index (κ2) is 5.30. The summed E-state index contributed by atoms with van der Waals surface area (Å²) >= 11 is 1.38. The van der Waals surface area contributed by atoms with Crippen LogP contribution in [0.5, 0.6) is 5.75 Å². The summed E-state index contributed by atoms with van der Waals surface area (Å²) in [5.41, 5.74) is 1.53. The van der Waals surface area contributed by atoms with E-state index in [0.29, 0.717) is 16.4 Å². The van der Waals surface area contributed by atoms with Gasteiger partial charge >= 0.3 is 0 Å². The number of amides is 1. The number of thiazole rings is 1. The van der Waals surface area contributed by atoms with Crippen LogP contribution >= 0.6 is 11.3 Å². The molecule has 0 saturated heterocycles. The predicted molar refractivity (Wildman–Crippen MR) is 80.6 cm³/mol. The van der Waals surface area contributed by atoms with E-state index in [4.69, 9.17) is 4.74 Å². The van der Waals surface area contributed by atoms with Gasteiger partial charge < -0.3 is 10.1 Å². The van der Waals surface area contributed by atoms with Gasteiger partial charge in [0, 0.05) is 11.8 Å². The third-order valence-electron chi connectivity index (χ3n) is 2.82. The Labute approximate surface area is 120 Å². The number of nitrogens with zero attached hydrogens (tertiary/aromatic N) is 1. The number of carbonyl (C=O) groups excluding carboxylic acids is 1. The van der Waals surface area contributed by atoms with Crippen LogP contribution in [0.2, 0.25) is 0 Å². The molecule has 20 heavy (non-hydrogen) atoms. The molecule has 0 radical (unpaired) electrons. The lowest BCUT2D eigenvalue weighted by atomic mass is 10.3. The highest BCUT2D eigenvalue weighted by molar-refractivity contribution is 7.20. The molecular formula is C15H12N2O2S. The molecule has 3 rings (SSSR count). The lowest BCUT2D eigenvalue weighted by molar-refractivity contribution is 0.102. The normalized spacial score (nSPS) is 10.4. The van der Waals surface area contributed by atoms with E-state index in [0.717, 1.165) is 10.2 Å². The zero-order valence-electron chi connectivity index (χ0n) is 10.8. The van der Waals surface area contributed by atoms with Crippen molar-refractivity contribution in [3.05, 3.63) is 53.5 Å². The summed E-state index contributed by atoms with van der Waals surface area (Å²) in [6.07, 6.45) is 0. The summed E-state index contributed by atoms with van der Waals surface area (Å²) in [4.78, 5) is 16.5. The third-order valence-corrected chi connectivity index (χ3v) is 3.85. The van der Waals surface area contributed by atoms with Crippen molar-refractivity contribution in [2.75, 3.05) is 12.4 Å². The maximum absolute atomic E-state index is 12.2. The van der Waals surface area contributed by atoms with Gasteiger partial charge in [-0.25, -0.2) is 4.98 Å². The average molecular weight is 284 g/mol. The zero-order valence-corrected chi connectivity index (χ0v) is 11.6. The summed E-state index contributed by atoms with van der Waals surface area (Å²) in [5.74, 6) is 0.492. The lowest BCUT2D eigenvalue weighted by Gasteiger charge is -2.05. The SMILES string of the molecule is COc1cccc(NC(=O)c2nc3ccccc3s2)c1. The van der Waals surface area contributed by atoms with Crippen molar-refractivity contribution >= 4 is 33.1 Å². The number of methoxy groups -OCH3 is 1. The Kier molecular flexibility index (Phi) is 3.35. The number of hydrogen-bond acceptors (Lipinski definition) is 4. The molecule has 0 unspecified atom stereocenters. The summed E-state index contributed by atoms with van der Waals surface area (Å²) in [5, 5.41) is 3.28. The first-order chi connectivity index (χ1) is 9.76. The fourth-order valence-corrected chi connectivity index (χ4v) is 2.72. The highest BCUT2D eigenvalue weighted by Crippen LogP contribution is 2.23. The standard InChI is InChI=1S/C15H12N2O2S/c1-19-11-6-4-5-10(9-11)16-14(18)15-17-12-7-2-3-8-13(12)20-15/h2-9H,1H3,(H,16,18). The van der Waals surface area contributed by atoms with Gasteiger partial charge in [-0.1, -0.05) is 18.2 Å². The number of ether oxygens (including phenoxy) is 1. The highest BCUT2D eigenvalue weighted by atomic mass is 32.1. The van der Waals surface area contributed by atoms with E-state index in [-0.39, 0.29) is 5.91 Å². The van der Waals surface area contributed by atoms with E-state index in [1.165, 1.54) is 11.3 Å². The van der Waals surface area contributed by atoms with E-state index in [9.17, 15) is 4.79 Å². The van der Waals surface area contributed by atoms with E-state index < -0.39 is 0 Å². The van der Waals surface area contributed by atoms with Crippen molar-refractivity contribution < 1.29 is 9.53 Å².